The van der Waals surface area contributed by atoms with Gasteiger partial charge in [-0.1, -0.05) is 18.2 Å². The molecule has 0 spiro atoms. The van der Waals surface area contributed by atoms with Crippen molar-refractivity contribution in [3.8, 4) is 0 Å². The van der Waals surface area contributed by atoms with Crippen molar-refractivity contribution >= 4 is 17.9 Å². The average molecular weight is 167 g/mol. The summed E-state index contributed by atoms with van der Waals surface area (Å²) in [4.78, 5) is 11.5. The van der Waals surface area contributed by atoms with E-state index in [1.165, 1.54) is 18.9 Å². The topological polar surface area (TPSA) is 29.1 Å². The van der Waals surface area contributed by atoms with Crippen molar-refractivity contribution in [3.63, 3.8) is 0 Å². The molecule has 0 heterocycles. The second kappa shape index (κ2) is 4.03. The predicted molar refractivity (Wildman–Crippen MR) is 46.1 cm³/mol. The van der Waals surface area contributed by atoms with Crippen LogP contribution in [0.2, 0.25) is 0 Å². The highest BCUT2D eigenvalue weighted by Crippen LogP contribution is 2.12. The monoisotopic (exact) mass is 167 g/mol. The molecule has 1 rings (SSSR count). The Morgan fingerprint density at radius 2 is 2.00 bits per heavy atom. The molecule has 0 fully saturated rings. The highest BCUT2D eigenvalue weighted by Gasteiger charge is 1.92. The number of carbonyl (C=O) groups is 1. The summed E-state index contributed by atoms with van der Waals surface area (Å²) < 4.78 is 2.64. The molecule has 0 saturated heterocycles. The first-order valence-electron chi connectivity index (χ1n) is 3.27. The molecule has 0 atom stereocenters. The smallest absolute Gasteiger partial charge is 0.226 e. The van der Waals surface area contributed by atoms with Crippen molar-refractivity contribution in [3.05, 3.63) is 30.3 Å². The summed E-state index contributed by atoms with van der Waals surface area (Å²) in [5, 5.41) is 0. The van der Waals surface area contributed by atoms with Crippen molar-refractivity contribution in [2.24, 2.45) is 0 Å². The van der Waals surface area contributed by atoms with Crippen LogP contribution in [0.25, 0.3) is 0 Å². The van der Waals surface area contributed by atoms with Gasteiger partial charge in [0.2, 0.25) is 5.91 Å². The second-order valence-corrected chi connectivity index (χ2v) is 2.95. The zero-order valence-electron chi connectivity index (χ0n) is 6.20. The molecule has 2 nitrogen and oxygen atoms in total. The molecular weight excluding hydrogens is 158 g/mol. The largest absolute Gasteiger partial charge is 0.296 e. The molecule has 0 aliphatic rings. The van der Waals surface area contributed by atoms with Gasteiger partial charge in [0.05, 0.1) is 0 Å². The third-order valence-electron chi connectivity index (χ3n) is 1.06. The first kappa shape index (κ1) is 8.14. The maximum atomic E-state index is 10.5. The third-order valence-corrected chi connectivity index (χ3v) is 1.95. The maximum absolute atomic E-state index is 10.5. The first-order chi connectivity index (χ1) is 5.29. The molecule has 0 unspecified atom stereocenters. The minimum absolute atomic E-state index is 0.0288. The molecule has 1 N–H and O–H groups in total. The summed E-state index contributed by atoms with van der Waals surface area (Å²) in [6.07, 6.45) is 0. The Morgan fingerprint density at radius 1 is 1.36 bits per heavy atom. The van der Waals surface area contributed by atoms with Crippen LogP contribution in [0, 0.1) is 0 Å². The Bertz CT molecular complexity index is 235. The number of hydrogen-bond donors (Lipinski definition) is 1. The second-order valence-electron chi connectivity index (χ2n) is 2.07. The molecule has 0 aliphatic heterocycles. The molecule has 0 radical (unpaired) electrons. The van der Waals surface area contributed by atoms with Crippen LogP contribution in [0.15, 0.2) is 35.2 Å². The Morgan fingerprint density at radius 3 is 2.55 bits per heavy atom. The van der Waals surface area contributed by atoms with Gasteiger partial charge in [0.25, 0.3) is 0 Å². The first-order valence-corrected chi connectivity index (χ1v) is 4.09. The third kappa shape index (κ3) is 3.09. The van der Waals surface area contributed by atoms with Gasteiger partial charge in [-0.15, -0.1) is 0 Å². The molecule has 1 aromatic rings. The molecule has 0 saturated carbocycles. The van der Waals surface area contributed by atoms with Crippen LogP contribution in [-0.4, -0.2) is 5.91 Å². The summed E-state index contributed by atoms with van der Waals surface area (Å²) in [5.74, 6) is -0.0288. The molecule has 58 valence electrons. The zero-order valence-corrected chi connectivity index (χ0v) is 7.02. The van der Waals surface area contributed by atoms with Crippen LogP contribution in [-0.2, 0) is 4.79 Å². The van der Waals surface area contributed by atoms with Crippen molar-refractivity contribution in [2.45, 2.75) is 11.8 Å². The van der Waals surface area contributed by atoms with E-state index in [9.17, 15) is 4.79 Å². The molecule has 3 heteroatoms. The van der Waals surface area contributed by atoms with Gasteiger partial charge in [0.1, 0.15) is 0 Å². The van der Waals surface area contributed by atoms with Gasteiger partial charge in [-0.05, 0) is 24.1 Å². The van der Waals surface area contributed by atoms with Crippen LogP contribution < -0.4 is 4.72 Å². The number of carbonyl (C=O) groups excluding carboxylic acids is 1. The van der Waals surface area contributed by atoms with Crippen molar-refractivity contribution in [2.75, 3.05) is 0 Å². The number of benzene rings is 1. The van der Waals surface area contributed by atoms with Crippen LogP contribution in [0.5, 0.6) is 0 Å². The average Bonchev–Trinajstić information content (AvgIpc) is 2.03. The van der Waals surface area contributed by atoms with E-state index in [0.717, 1.165) is 4.90 Å². The molecule has 11 heavy (non-hydrogen) atoms. The van der Waals surface area contributed by atoms with Gasteiger partial charge in [-0.25, -0.2) is 0 Å². The molecule has 0 aliphatic carbocycles. The number of nitrogens with one attached hydrogen (secondary N) is 1. The number of hydrogen-bond acceptors (Lipinski definition) is 2. The van der Waals surface area contributed by atoms with Gasteiger partial charge in [0, 0.05) is 11.8 Å². The molecule has 0 bridgehead atoms. The summed E-state index contributed by atoms with van der Waals surface area (Å²) in [6.45, 7) is 1.50. The number of amides is 1. The lowest BCUT2D eigenvalue weighted by molar-refractivity contribution is -0.117. The zero-order chi connectivity index (χ0) is 8.10. The summed E-state index contributed by atoms with van der Waals surface area (Å²) in [6, 6.07) is 9.70. The Hall–Kier alpha value is -0.960. The van der Waals surface area contributed by atoms with Crippen molar-refractivity contribution in [1.82, 2.24) is 4.72 Å². The van der Waals surface area contributed by atoms with E-state index >= 15 is 0 Å². The van der Waals surface area contributed by atoms with E-state index in [1.54, 1.807) is 0 Å². The van der Waals surface area contributed by atoms with Gasteiger partial charge in [0.15, 0.2) is 0 Å². The van der Waals surface area contributed by atoms with E-state index in [2.05, 4.69) is 4.72 Å². The van der Waals surface area contributed by atoms with Crippen LogP contribution >= 0.6 is 11.9 Å². The quantitative estimate of drug-likeness (QED) is 0.681. The summed E-state index contributed by atoms with van der Waals surface area (Å²) >= 11 is 1.33. The maximum Gasteiger partial charge on any atom is 0.226 e. The Labute approximate surface area is 70.1 Å². The fourth-order valence-electron chi connectivity index (χ4n) is 0.619. The van der Waals surface area contributed by atoms with Gasteiger partial charge in [-0.3, -0.25) is 9.52 Å². The standard InChI is InChI=1S/C8H9NOS/c1-7(10)9-11-8-5-3-2-4-6-8/h2-6H,1H3,(H,9,10). The fraction of sp³-hybridized carbons (Fsp3) is 0.125. The normalized spacial score (nSPS) is 9.18. The van der Waals surface area contributed by atoms with E-state index in [0.29, 0.717) is 0 Å². The summed E-state index contributed by atoms with van der Waals surface area (Å²) in [7, 11) is 0. The van der Waals surface area contributed by atoms with Crippen molar-refractivity contribution < 1.29 is 4.79 Å². The Kier molecular flexibility index (Phi) is 2.98. The lowest BCUT2D eigenvalue weighted by atomic mass is 10.4. The van der Waals surface area contributed by atoms with E-state index in [1.807, 2.05) is 30.3 Å². The molecule has 1 aromatic carbocycles. The highest BCUT2D eigenvalue weighted by molar-refractivity contribution is 7.98. The lowest BCUT2D eigenvalue weighted by Gasteiger charge is -1.98. The molecular formula is C8H9NOS. The van der Waals surface area contributed by atoms with Gasteiger partial charge >= 0.3 is 0 Å². The van der Waals surface area contributed by atoms with Gasteiger partial charge < -0.3 is 0 Å². The van der Waals surface area contributed by atoms with Crippen LogP contribution in [0.1, 0.15) is 6.92 Å². The van der Waals surface area contributed by atoms with Gasteiger partial charge in [-0.2, -0.15) is 0 Å². The van der Waals surface area contributed by atoms with E-state index < -0.39 is 0 Å². The SMILES string of the molecule is CC(=O)NSc1ccccc1. The number of rotatable bonds is 2. The van der Waals surface area contributed by atoms with Crippen LogP contribution in [0.3, 0.4) is 0 Å². The minimum Gasteiger partial charge on any atom is -0.296 e. The fourth-order valence-corrected chi connectivity index (χ4v) is 1.17. The van der Waals surface area contributed by atoms with Crippen molar-refractivity contribution in [1.29, 1.82) is 0 Å². The molecule has 1 amide bonds. The van der Waals surface area contributed by atoms with E-state index in [-0.39, 0.29) is 5.91 Å². The van der Waals surface area contributed by atoms with E-state index in [4.69, 9.17) is 0 Å². The highest BCUT2D eigenvalue weighted by atomic mass is 32.2. The Balaban J connectivity index is 2.45. The molecule has 0 aromatic heterocycles. The van der Waals surface area contributed by atoms with Crippen LogP contribution in [0.4, 0.5) is 0 Å². The minimum atomic E-state index is -0.0288. The summed E-state index contributed by atoms with van der Waals surface area (Å²) in [5.41, 5.74) is 0. The predicted octanol–water partition coefficient (Wildman–Crippen LogP) is 1.83. The lowest BCUT2D eigenvalue weighted by Crippen LogP contribution is -2.09.